The first-order valence-electron chi connectivity index (χ1n) is 6.82. The van der Waals surface area contributed by atoms with Gasteiger partial charge in [0, 0.05) is 11.1 Å². The molecular formula is C17H13FN2O3. The molecule has 0 radical (unpaired) electrons. The standard InChI is InChI=1S/C17H13FN2O3/c1-23-16-8-10(6-7-13(16)18)14-9-15(20-19-14)11-4-2-3-5-12(11)17(21)22/h2-9H,1H3,(H,19,20)(H,21,22). The van der Waals surface area contributed by atoms with Crippen molar-refractivity contribution in [1.29, 1.82) is 0 Å². The molecule has 3 aromatic rings. The van der Waals surface area contributed by atoms with Crippen LogP contribution in [-0.2, 0) is 0 Å². The second-order valence-corrected chi connectivity index (χ2v) is 4.87. The zero-order valence-corrected chi connectivity index (χ0v) is 12.2. The summed E-state index contributed by atoms with van der Waals surface area (Å²) in [5.74, 6) is -1.34. The number of hydrogen-bond donors (Lipinski definition) is 2. The quantitative estimate of drug-likeness (QED) is 0.772. The largest absolute Gasteiger partial charge is 0.494 e. The number of nitrogens with zero attached hydrogens (tertiary/aromatic N) is 1. The molecule has 0 aliphatic heterocycles. The van der Waals surface area contributed by atoms with Gasteiger partial charge in [-0.05, 0) is 30.3 Å². The SMILES string of the molecule is COc1cc(-c2cc(-c3ccccc3C(=O)O)n[nH]2)ccc1F. The van der Waals surface area contributed by atoms with Gasteiger partial charge in [0.05, 0.1) is 24.1 Å². The van der Waals surface area contributed by atoms with Crippen molar-refractivity contribution in [2.75, 3.05) is 7.11 Å². The first-order valence-corrected chi connectivity index (χ1v) is 6.82. The van der Waals surface area contributed by atoms with E-state index in [4.69, 9.17) is 4.74 Å². The van der Waals surface area contributed by atoms with Crippen LogP contribution < -0.4 is 4.74 Å². The highest BCUT2D eigenvalue weighted by Gasteiger charge is 2.14. The lowest BCUT2D eigenvalue weighted by Gasteiger charge is -2.04. The lowest BCUT2D eigenvalue weighted by Crippen LogP contribution is -1.98. The van der Waals surface area contributed by atoms with Crippen molar-refractivity contribution < 1.29 is 19.0 Å². The smallest absolute Gasteiger partial charge is 0.336 e. The van der Waals surface area contributed by atoms with E-state index in [0.717, 1.165) is 0 Å². The normalized spacial score (nSPS) is 10.5. The molecule has 1 aromatic heterocycles. The first kappa shape index (κ1) is 14.8. The third-order valence-corrected chi connectivity index (χ3v) is 3.47. The van der Waals surface area contributed by atoms with Gasteiger partial charge in [0.2, 0.25) is 0 Å². The predicted molar refractivity (Wildman–Crippen MR) is 82.9 cm³/mol. The van der Waals surface area contributed by atoms with Crippen LogP contribution in [0.3, 0.4) is 0 Å². The number of methoxy groups -OCH3 is 1. The molecule has 0 saturated heterocycles. The first-order chi connectivity index (χ1) is 11.1. The van der Waals surface area contributed by atoms with Gasteiger partial charge in [-0.25, -0.2) is 9.18 Å². The van der Waals surface area contributed by atoms with Crippen LogP contribution in [0.25, 0.3) is 22.5 Å². The van der Waals surface area contributed by atoms with E-state index in [0.29, 0.717) is 22.5 Å². The number of hydrogen-bond acceptors (Lipinski definition) is 3. The second-order valence-electron chi connectivity index (χ2n) is 4.87. The maximum absolute atomic E-state index is 13.5. The third kappa shape index (κ3) is 2.78. The average Bonchev–Trinajstić information content (AvgIpc) is 3.05. The lowest BCUT2D eigenvalue weighted by molar-refractivity contribution is 0.0697. The highest BCUT2D eigenvalue weighted by Crippen LogP contribution is 2.29. The number of halogens is 1. The fourth-order valence-electron chi connectivity index (χ4n) is 2.33. The molecule has 1 heterocycles. The van der Waals surface area contributed by atoms with E-state index in [9.17, 15) is 14.3 Å². The number of nitrogens with one attached hydrogen (secondary N) is 1. The van der Waals surface area contributed by atoms with Gasteiger partial charge < -0.3 is 9.84 Å². The average molecular weight is 312 g/mol. The van der Waals surface area contributed by atoms with Crippen LogP contribution in [0, 0.1) is 5.82 Å². The number of H-pyrrole nitrogens is 1. The maximum atomic E-state index is 13.5. The van der Waals surface area contributed by atoms with Gasteiger partial charge in [-0.15, -0.1) is 0 Å². The maximum Gasteiger partial charge on any atom is 0.336 e. The molecule has 2 aromatic carbocycles. The van der Waals surface area contributed by atoms with Crippen molar-refractivity contribution in [3.05, 3.63) is 59.9 Å². The van der Waals surface area contributed by atoms with E-state index in [1.165, 1.54) is 19.2 Å². The number of rotatable bonds is 4. The van der Waals surface area contributed by atoms with Crippen LogP contribution in [0.5, 0.6) is 5.75 Å². The summed E-state index contributed by atoms with van der Waals surface area (Å²) < 4.78 is 18.4. The van der Waals surface area contributed by atoms with E-state index >= 15 is 0 Å². The Balaban J connectivity index is 2.03. The highest BCUT2D eigenvalue weighted by molar-refractivity contribution is 5.95. The molecule has 6 heteroatoms. The molecule has 0 aliphatic rings. The molecule has 23 heavy (non-hydrogen) atoms. The lowest BCUT2D eigenvalue weighted by atomic mass is 10.0. The summed E-state index contributed by atoms with van der Waals surface area (Å²) >= 11 is 0. The molecule has 0 atom stereocenters. The van der Waals surface area contributed by atoms with Gasteiger partial charge in [-0.1, -0.05) is 18.2 Å². The molecule has 0 saturated carbocycles. The summed E-state index contributed by atoms with van der Waals surface area (Å²) in [7, 11) is 1.39. The molecular weight excluding hydrogens is 299 g/mol. The Hall–Kier alpha value is -3.15. The van der Waals surface area contributed by atoms with Crippen LogP contribution >= 0.6 is 0 Å². The van der Waals surface area contributed by atoms with E-state index in [-0.39, 0.29) is 11.3 Å². The number of benzene rings is 2. The number of aromatic nitrogens is 2. The molecule has 0 fully saturated rings. The fraction of sp³-hybridized carbons (Fsp3) is 0.0588. The Kier molecular flexibility index (Phi) is 3.80. The number of carboxylic acid groups (broad SMARTS) is 1. The Morgan fingerprint density at radius 1 is 1.22 bits per heavy atom. The van der Waals surface area contributed by atoms with Crippen molar-refractivity contribution in [3.8, 4) is 28.3 Å². The summed E-state index contributed by atoms with van der Waals surface area (Å²) in [5.41, 5.74) is 2.51. The van der Waals surface area contributed by atoms with Gasteiger partial charge in [-0.3, -0.25) is 5.10 Å². The van der Waals surface area contributed by atoms with Crippen molar-refractivity contribution in [1.82, 2.24) is 10.2 Å². The van der Waals surface area contributed by atoms with Gasteiger partial charge in [0.25, 0.3) is 0 Å². The van der Waals surface area contributed by atoms with Crippen LogP contribution in [0.4, 0.5) is 4.39 Å². The monoisotopic (exact) mass is 312 g/mol. The zero-order valence-electron chi connectivity index (χ0n) is 12.2. The Bertz CT molecular complexity index is 874. The van der Waals surface area contributed by atoms with Crippen molar-refractivity contribution in [2.45, 2.75) is 0 Å². The number of aromatic carboxylic acids is 1. The minimum Gasteiger partial charge on any atom is -0.494 e. The van der Waals surface area contributed by atoms with Gasteiger partial charge in [0.15, 0.2) is 11.6 Å². The zero-order chi connectivity index (χ0) is 16.4. The molecule has 0 unspecified atom stereocenters. The second kappa shape index (κ2) is 5.92. The fourth-order valence-corrected chi connectivity index (χ4v) is 2.33. The molecule has 2 N–H and O–H groups in total. The summed E-state index contributed by atoms with van der Waals surface area (Å²) in [6.45, 7) is 0. The van der Waals surface area contributed by atoms with Crippen molar-refractivity contribution in [3.63, 3.8) is 0 Å². The predicted octanol–water partition coefficient (Wildman–Crippen LogP) is 3.59. The van der Waals surface area contributed by atoms with Gasteiger partial charge in [-0.2, -0.15) is 5.10 Å². The van der Waals surface area contributed by atoms with Crippen LogP contribution in [0.15, 0.2) is 48.5 Å². The highest BCUT2D eigenvalue weighted by atomic mass is 19.1. The van der Waals surface area contributed by atoms with Crippen LogP contribution in [0.1, 0.15) is 10.4 Å². The van der Waals surface area contributed by atoms with Crippen LogP contribution in [0.2, 0.25) is 0 Å². The molecule has 0 amide bonds. The molecule has 0 spiro atoms. The Morgan fingerprint density at radius 2 is 2.00 bits per heavy atom. The Morgan fingerprint density at radius 3 is 2.74 bits per heavy atom. The summed E-state index contributed by atoms with van der Waals surface area (Å²) in [6, 6.07) is 12.8. The molecule has 3 rings (SSSR count). The summed E-state index contributed by atoms with van der Waals surface area (Å²) in [4.78, 5) is 11.3. The number of ether oxygens (including phenoxy) is 1. The van der Waals surface area contributed by atoms with E-state index in [2.05, 4.69) is 10.2 Å². The topological polar surface area (TPSA) is 75.2 Å². The minimum absolute atomic E-state index is 0.129. The number of carbonyl (C=O) groups is 1. The molecule has 0 bridgehead atoms. The molecule has 5 nitrogen and oxygen atoms in total. The van der Waals surface area contributed by atoms with Crippen LogP contribution in [-0.4, -0.2) is 28.4 Å². The van der Waals surface area contributed by atoms with E-state index in [1.54, 1.807) is 36.4 Å². The van der Waals surface area contributed by atoms with Gasteiger partial charge >= 0.3 is 5.97 Å². The van der Waals surface area contributed by atoms with Crippen molar-refractivity contribution >= 4 is 5.97 Å². The number of aromatic amines is 1. The Labute approximate surface area is 131 Å². The van der Waals surface area contributed by atoms with E-state index < -0.39 is 11.8 Å². The van der Waals surface area contributed by atoms with Gasteiger partial charge in [0.1, 0.15) is 0 Å². The number of carboxylic acids is 1. The summed E-state index contributed by atoms with van der Waals surface area (Å²) in [5, 5.41) is 16.3. The van der Waals surface area contributed by atoms with Crippen molar-refractivity contribution in [2.24, 2.45) is 0 Å². The third-order valence-electron chi connectivity index (χ3n) is 3.47. The summed E-state index contributed by atoms with van der Waals surface area (Å²) in [6.07, 6.45) is 0. The molecule has 116 valence electrons. The minimum atomic E-state index is -1.02. The molecule has 0 aliphatic carbocycles. The van der Waals surface area contributed by atoms with E-state index in [1.807, 2.05) is 0 Å².